The third-order valence-corrected chi connectivity index (χ3v) is 1.80. The van der Waals surface area contributed by atoms with E-state index in [1.807, 2.05) is 13.8 Å². The van der Waals surface area contributed by atoms with Gasteiger partial charge >= 0.3 is 6.18 Å². The number of hydrogen-bond acceptors (Lipinski definition) is 2. The largest absolute Gasteiger partial charge is 0.395 e. The van der Waals surface area contributed by atoms with Crippen molar-refractivity contribution in [1.29, 1.82) is 0 Å². The van der Waals surface area contributed by atoms with Gasteiger partial charge in [-0.3, -0.25) is 4.90 Å². The van der Waals surface area contributed by atoms with E-state index in [9.17, 15) is 13.2 Å². The fourth-order valence-corrected chi connectivity index (χ4v) is 1.03. The van der Waals surface area contributed by atoms with Gasteiger partial charge in [-0.2, -0.15) is 13.2 Å². The van der Waals surface area contributed by atoms with Gasteiger partial charge in [0.15, 0.2) is 0 Å². The predicted molar refractivity (Wildman–Crippen MR) is 44.5 cm³/mol. The van der Waals surface area contributed by atoms with Crippen LogP contribution in [0.15, 0.2) is 0 Å². The third-order valence-electron chi connectivity index (χ3n) is 1.80. The first-order chi connectivity index (χ1) is 5.87. The SMILES string of the molecule is CC(C)N(CCO)CCC(F)(F)F. The molecule has 0 aromatic carbocycles. The van der Waals surface area contributed by atoms with Crippen molar-refractivity contribution in [2.45, 2.75) is 32.5 Å². The third kappa shape index (κ3) is 6.83. The quantitative estimate of drug-likeness (QED) is 0.727. The number of halogens is 3. The standard InChI is InChI=1S/C8H16F3NO/c1-7(2)12(5-6-13)4-3-8(9,10)11/h7,13H,3-6H2,1-2H3. The van der Waals surface area contributed by atoms with E-state index in [1.54, 1.807) is 4.90 Å². The fourth-order valence-electron chi connectivity index (χ4n) is 1.03. The number of aliphatic hydroxyl groups excluding tert-OH is 1. The van der Waals surface area contributed by atoms with E-state index in [1.165, 1.54) is 0 Å². The van der Waals surface area contributed by atoms with E-state index in [-0.39, 0.29) is 19.2 Å². The molecule has 0 aliphatic rings. The highest BCUT2D eigenvalue weighted by atomic mass is 19.4. The predicted octanol–water partition coefficient (Wildman–Crippen LogP) is 1.64. The zero-order chi connectivity index (χ0) is 10.5. The van der Waals surface area contributed by atoms with E-state index in [2.05, 4.69) is 0 Å². The van der Waals surface area contributed by atoms with E-state index < -0.39 is 12.6 Å². The second-order valence-electron chi connectivity index (χ2n) is 3.22. The Kier molecular flexibility index (Phi) is 5.32. The first kappa shape index (κ1) is 12.7. The van der Waals surface area contributed by atoms with E-state index in [4.69, 9.17) is 5.11 Å². The Morgan fingerprint density at radius 3 is 2.08 bits per heavy atom. The fraction of sp³-hybridized carbons (Fsp3) is 1.00. The molecule has 0 aliphatic heterocycles. The molecule has 0 fully saturated rings. The second kappa shape index (κ2) is 5.44. The van der Waals surface area contributed by atoms with Crippen molar-refractivity contribution in [2.75, 3.05) is 19.7 Å². The van der Waals surface area contributed by atoms with Gasteiger partial charge in [-0.15, -0.1) is 0 Å². The van der Waals surface area contributed by atoms with Crippen LogP contribution in [0.3, 0.4) is 0 Å². The zero-order valence-electron chi connectivity index (χ0n) is 7.93. The molecule has 0 aliphatic carbocycles. The number of rotatable bonds is 5. The molecule has 0 atom stereocenters. The van der Waals surface area contributed by atoms with Crippen molar-refractivity contribution in [3.63, 3.8) is 0 Å². The minimum Gasteiger partial charge on any atom is -0.395 e. The molecule has 2 nitrogen and oxygen atoms in total. The molecule has 1 N–H and O–H groups in total. The van der Waals surface area contributed by atoms with Crippen LogP contribution < -0.4 is 0 Å². The van der Waals surface area contributed by atoms with Crippen LogP contribution in [-0.2, 0) is 0 Å². The highest BCUT2D eigenvalue weighted by Crippen LogP contribution is 2.20. The summed E-state index contributed by atoms with van der Waals surface area (Å²) in [5.74, 6) is 0. The summed E-state index contributed by atoms with van der Waals surface area (Å²) in [7, 11) is 0. The molecule has 13 heavy (non-hydrogen) atoms. The Morgan fingerprint density at radius 1 is 1.23 bits per heavy atom. The molecule has 0 saturated carbocycles. The van der Waals surface area contributed by atoms with Crippen LogP contribution in [0.2, 0.25) is 0 Å². The van der Waals surface area contributed by atoms with E-state index in [0.717, 1.165) is 0 Å². The van der Waals surface area contributed by atoms with Crippen LogP contribution in [0, 0.1) is 0 Å². The lowest BCUT2D eigenvalue weighted by Gasteiger charge is -2.25. The van der Waals surface area contributed by atoms with Crippen molar-refractivity contribution >= 4 is 0 Å². The van der Waals surface area contributed by atoms with Gasteiger partial charge in [0.1, 0.15) is 0 Å². The minimum atomic E-state index is -4.11. The average molecular weight is 199 g/mol. The molecule has 0 radical (unpaired) electrons. The van der Waals surface area contributed by atoms with Crippen molar-refractivity contribution in [1.82, 2.24) is 4.90 Å². The molecule has 0 aromatic heterocycles. The molecule has 0 amide bonds. The van der Waals surface area contributed by atoms with Gasteiger partial charge in [-0.25, -0.2) is 0 Å². The molecule has 0 saturated heterocycles. The first-order valence-electron chi connectivity index (χ1n) is 4.28. The van der Waals surface area contributed by atoms with Gasteiger partial charge in [0.2, 0.25) is 0 Å². The topological polar surface area (TPSA) is 23.5 Å². The minimum absolute atomic E-state index is 0.0366. The van der Waals surface area contributed by atoms with Crippen LogP contribution in [0.1, 0.15) is 20.3 Å². The number of aliphatic hydroxyl groups is 1. The van der Waals surface area contributed by atoms with Gasteiger partial charge in [0, 0.05) is 19.1 Å². The summed E-state index contributed by atoms with van der Waals surface area (Å²) in [5.41, 5.74) is 0. The second-order valence-corrected chi connectivity index (χ2v) is 3.22. The van der Waals surface area contributed by atoms with Gasteiger partial charge in [-0.1, -0.05) is 0 Å². The van der Waals surface area contributed by atoms with Gasteiger partial charge in [-0.05, 0) is 13.8 Å². The maximum atomic E-state index is 11.8. The van der Waals surface area contributed by atoms with Crippen molar-refractivity contribution in [3.8, 4) is 0 Å². The van der Waals surface area contributed by atoms with Crippen molar-refractivity contribution < 1.29 is 18.3 Å². The van der Waals surface area contributed by atoms with E-state index in [0.29, 0.717) is 6.54 Å². The highest BCUT2D eigenvalue weighted by molar-refractivity contribution is 4.64. The average Bonchev–Trinajstić information content (AvgIpc) is 1.95. The Balaban J connectivity index is 3.82. The summed E-state index contributed by atoms with van der Waals surface area (Å²) < 4.78 is 35.5. The summed E-state index contributed by atoms with van der Waals surface area (Å²) in [4.78, 5) is 1.60. The monoisotopic (exact) mass is 199 g/mol. The zero-order valence-corrected chi connectivity index (χ0v) is 7.93. The Hall–Kier alpha value is -0.290. The molecule has 0 unspecified atom stereocenters. The number of nitrogens with zero attached hydrogens (tertiary/aromatic N) is 1. The Bertz CT molecular complexity index is 136. The summed E-state index contributed by atoms with van der Waals surface area (Å²) in [6.45, 7) is 3.78. The van der Waals surface area contributed by atoms with Crippen LogP contribution in [0.4, 0.5) is 13.2 Å². The Morgan fingerprint density at radius 2 is 1.77 bits per heavy atom. The lowest BCUT2D eigenvalue weighted by atomic mass is 10.3. The van der Waals surface area contributed by atoms with Crippen LogP contribution in [0.25, 0.3) is 0 Å². The van der Waals surface area contributed by atoms with Crippen LogP contribution in [0.5, 0.6) is 0 Å². The first-order valence-corrected chi connectivity index (χ1v) is 4.28. The van der Waals surface area contributed by atoms with Crippen LogP contribution in [-0.4, -0.2) is 41.9 Å². The Labute approximate surface area is 76.3 Å². The molecule has 80 valence electrons. The van der Waals surface area contributed by atoms with Gasteiger partial charge in [0.05, 0.1) is 13.0 Å². The molecule has 0 heterocycles. The smallest absolute Gasteiger partial charge is 0.390 e. The van der Waals surface area contributed by atoms with Crippen molar-refractivity contribution in [3.05, 3.63) is 0 Å². The summed E-state index contributed by atoms with van der Waals surface area (Å²) >= 11 is 0. The lowest BCUT2D eigenvalue weighted by molar-refractivity contribution is -0.139. The van der Waals surface area contributed by atoms with Crippen molar-refractivity contribution in [2.24, 2.45) is 0 Å². The molecular weight excluding hydrogens is 183 g/mol. The van der Waals surface area contributed by atoms with Gasteiger partial charge in [0.25, 0.3) is 0 Å². The molecule has 0 bridgehead atoms. The number of hydrogen-bond donors (Lipinski definition) is 1. The van der Waals surface area contributed by atoms with E-state index >= 15 is 0 Å². The summed E-state index contributed by atoms with van der Waals surface area (Å²) in [5, 5.41) is 8.59. The summed E-state index contributed by atoms with van der Waals surface area (Å²) in [6, 6.07) is 0.0366. The molecule has 0 rings (SSSR count). The van der Waals surface area contributed by atoms with Crippen LogP contribution >= 0.6 is 0 Å². The molecule has 0 spiro atoms. The maximum Gasteiger partial charge on any atom is 0.390 e. The van der Waals surface area contributed by atoms with Gasteiger partial charge < -0.3 is 5.11 Å². The summed E-state index contributed by atoms with van der Waals surface area (Å²) in [6.07, 6.45) is -4.92. The molecule has 5 heteroatoms. The normalized spacial score (nSPS) is 12.9. The number of alkyl halides is 3. The molecule has 0 aromatic rings. The maximum absolute atomic E-state index is 11.8. The molecular formula is C8H16F3NO. The highest BCUT2D eigenvalue weighted by Gasteiger charge is 2.28. The lowest BCUT2D eigenvalue weighted by Crippen LogP contribution is -2.36.